The van der Waals surface area contributed by atoms with Crippen molar-refractivity contribution in [1.29, 1.82) is 0 Å². The summed E-state index contributed by atoms with van der Waals surface area (Å²) in [5, 5.41) is 0. The van der Waals surface area contributed by atoms with Crippen molar-refractivity contribution in [2.24, 2.45) is 0 Å². The van der Waals surface area contributed by atoms with Crippen LogP contribution < -0.4 is 0 Å². The van der Waals surface area contributed by atoms with Gasteiger partial charge in [-0.15, -0.1) is 0 Å². The van der Waals surface area contributed by atoms with E-state index in [1.54, 1.807) is 17.9 Å². The van der Waals surface area contributed by atoms with Gasteiger partial charge in [-0.05, 0) is 33.2 Å². The normalized spacial score (nSPS) is 22.2. The van der Waals surface area contributed by atoms with Gasteiger partial charge in [0.25, 0.3) is 0 Å². The van der Waals surface area contributed by atoms with E-state index in [1.807, 2.05) is 30.9 Å². The molecule has 1 aliphatic carbocycles. The minimum Gasteiger partial charge on any atom is -0.337 e. The molecular formula is C20H31N3O2. The number of amides is 1. The maximum absolute atomic E-state index is 12.5. The number of rotatable bonds is 7. The Balaban J connectivity index is 1.97. The largest absolute Gasteiger partial charge is 0.337 e. The van der Waals surface area contributed by atoms with E-state index in [0.717, 1.165) is 18.7 Å². The van der Waals surface area contributed by atoms with Gasteiger partial charge >= 0.3 is 0 Å². The van der Waals surface area contributed by atoms with E-state index < -0.39 is 0 Å². The number of carbonyl (C=O) groups is 2. The van der Waals surface area contributed by atoms with E-state index in [9.17, 15) is 9.59 Å². The lowest BCUT2D eigenvalue weighted by atomic mass is 10.1. The highest BCUT2D eigenvalue weighted by Gasteiger charge is 2.31. The summed E-state index contributed by atoms with van der Waals surface area (Å²) >= 11 is 0. The summed E-state index contributed by atoms with van der Waals surface area (Å²) in [5.41, 5.74) is 1.49. The molecule has 1 heterocycles. The maximum Gasteiger partial charge on any atom is 0.246 e. The molecule has 1 saturated carbocycles. The quantitative estimate of drug-likeness (QED) is 0.665. The first kappa shape index (κ1) is 19.4. The van der Waals surface area contributed by atoms with Crippen molar-refractivity contribution in [1.82, 2.24) is 14.7 Å². The average Bonchev–Trinajstić information content (AvgIpc) is 3.37. The number of hydrogen-bond acceptors (Lipinski definition) is 4. The second kappa shape index (κ2) is 8.48. The van der Waals surface area contributed by atoms with Crippen LogP contribution in [-0.4, -0.2) is 65.2 Å². The van der Waals surface area contributed by atoms with Crippen LogP contribution in [0, 0.1) is 0 Å². The van der Waals surface area contributed by atoms with E-state index in [0.29, 0.717) is 24.8 Å². The van der Waals surface area contributed by atoms with E-state index in [4.69, 9.17) is 0 Å². The molecule has 138 valence electrons. The third-order valence-electron chi connectivity index (χ3n) is 4.79. The molecule has 0 radical (unpaired) electrons. The lowest BCUT2D eigenvalue weighted by Gasteiger charge is -2.43. The van der Waals surface area contributed by atoms with Crippen LogP contribution >= 0.6 is 0 Å². The Morgan fingerprint density at radius 3 is 2.56 bits per heavy atom. The summed E-state index contributed by atoms with van der Waals surface area (Å²) in [6.45, 7) is 11.6. The Morgan fingerprint density at radius 1 is 1.36 bits per heavy atom. The molecule has 0 bridgehead atoms. The molecule has 0 aromatic carbocycles. The molecule has 2 fully saturated rings. The number of carbonyl (C=O) groups excluding carboxylic acids is 2. The number of likely N-dealkylation sites (N-methyl/N-ethyl adjacent to an activating group) is 1. The number of nitrogens with zero attached hydrogens (tertiary/aromatic N) is 3. The summed E-state index contributed by atoms with van der Waals surface area (Å²) < 4.78 is 0. The van der Waals surface area contributed by atoms with Gasteiger partial charge in [0.15, 0.2) is 5.78 Å². The van der Waals surface area contributed by atoms with Gasteiger partial charge in [-0.2, -0.15) is 0 Å². The summed E-state index contributed by atoms with van der Waals surface area (Å²) in [7, 11) is 2.10. The zero-order valence-corrected chi connectivity index (χ0v) is 16.0. The first-order valence-corrected chi connectivity index (χ1v) is 9.18. The fourth-order valence-electron chi connectivity index (χ4n) is 3.34. The van der Waals surface area contributed by atoms with Crippen LogP contribution in [-0.2, 0) is 9.59 Å². The van der Waals surface area contributed by atoms with Gasteiger partial charge in [-0.1, -0.05) is 25.7 Å². The summed E-state index contributed by atoms with van der Waals surface area (Å²) in [6, 6.07) is 0.730. The predicted molar refractivity (Wildman–Crippen MR) is 101 cm³/mol. The molecule has 0 aromatic heterocycles. The van der Waals surface area contributed by atoms with Gasteiger partial charge < -0.3 is 9.80 Å². The molecule has 1 saturated heterocycles. The molecule has 0 spiro atoms. The minimum atomic E-state index is 0.0145. The van der Waals surface area contributed by atoms with E-state index in [1.165, 1.54) is 12.8 Å². The van der Waals surface area contributed by atoms with Crippen LogP contribution in [0.15, 0.2) is 36.2 Å². The molecule has 25 heavy (non-hydrogen) atoms. The number of Topliss-reactive ketones (excluding diaryl/α,β-unsaturated/α-hetero) is 1. The molecular weight excluding hydrogens is 314 g/mol. The van der Waals surface area contributed by atoms with Crippen molar-refractivity contribution in [2.75, 3.05) is 26.7 Å². The first-order valence-electron chi connectivity index (χ1n) is 9.18. The molecule has 2 aliphatic rings. The monoisotopic (exact) mass is 345 g/mol. The van der Waals surface area contributed by atoms with Crippen molar-refractivity contribution in [3.63, 3.8) is 0 Å². The Bertz CT molecular complexity index is 590. The van der Waals surface area contributed by atoms with Crippen molar-refractivity contribution in [3.05, 3.63) is 36.2 Å². The standard InChI is InChI=1S/C20H31N3O2/c1-6-8-19(17(4)24)23-15(2)13-22(14-16(23)3)20(25)9-7-12-21(5)18-10-11-18/h7-9,16,18H,2,6,10-14H2,1,3-5H3/b9-7+,19-8-. The van der Waals surface area contributed by atoms with Gasteiger partial charge in [-0.3, -0.25) is 14.5 Å². The molecule has 5 nitrogen and oxygen atoms in total. The van der Waals surface area contributed by atoms with Crippen LogP contribution in [0.3, 0.4) is 0 Å². The smallest absolute Gasteiger partial charge is 0.246 e. The summed E-state index contributed by atoms with van der Waals surface area (Å²) in [6.07, 6.45) is 8.88. The van der Waals surface area contributed by atoms with Crippen LogP contribution in [0.2, 0.25) is 0 Å². The Morgan fingerprint density at radius 2 is 2.04 bits per heavy atom. The molecule has 0 N–H and O–H groups in total. The van der Waals surface area contributed by atoms with E-state index in [2.05, 4.69) is 18.5 Å². The highest BCUT2D eigenvalue weighted by atomic mass is 16.2. The van der Waals surface area contributed by atoms with Crippen molar-refractivity contribution < 1.29 is 9.59 Å². The Hall–Kier alpha value is -1.88. The van der Waals surface area contributed by atoms with E-state index in [-0.39, 0.29) is 17.7 Å². The number of piperazine rings is 1. The van der Waals surface area contributed by atoms with Crippen molar-refractivity contribution in [2.45, 2.75) is 52.1 Å². The molecule has 1 unspecified atom stereocenters. The Kier molecular flexibility index (Phi) is 6.59. The highest BCUT2D eigenvalue weighted by Crippen LogP contribution is 2.25. The molecule has 1 aliphatic heterocycles. The maximum atomic E-state index is 12.5. The third-order valence-corrected chi connectivity index (χ3v) is 4.79. The molecule has 5 heteroatoms. The zero-order valence-electron chi connectivity index (χ0n) is 16.0. The molecule has 1 atom stereocenters. The molecule has 0 aromatic rings. The van der Waals surface area contributed by atoms with Gasteiger partial charge in [0, 0.05) is 43.9 Å². The van der Waals surface area contributed by atoms with Crippen LogP contribution in [0.5, 0.6) is 0 Å². The van der Waals surface area contributed by atoms with Crippen molar-refractivity contribution in [3.8, 4) is 0 Å². The fourth-order valence-corrected chi connectivity index (χ4v) is 3.34. The second-order valence-corrected chi connectivity index (χ2v) is 7.13. The number of ketones is 1. The molecule has 1 amide bonds. The average molecular weight is 345 g/mol. The van der Waals surface area contributed by atoms with Gasteiger partial charge in [0.1, 0.15) is 0 Å². The third kappa shape index (κ3) is 5.05. The zero-order chi connectivity index (χ0) is 18.6. The molecule has 2 rings (SSSR count). The number of hydrogen-bond donors (Lipinski definition) is 0. The Labute approximate surface area is 151 Å². The van der Waals surface area contributed by atoms with Crippen molar-refractivity contribution >= 4 is 11.7 Å². The van der Waals surface area contributed by atoms with Gasteiger partial charge in [-0.25, -0.2) is 0 Å². The number of allylic oxidation sites excluding steroid dienone is 2. The summed E-state index contributed by atoms with van der Waals surface area (Å²) in [5.74, 6) is 0.0540. The summed E-state index contributed by atoms with van der Waals surface area (Å²) in [4.78, 5) is 30.5. The second-order valence-electron chi connectivity index (χ2n) is 7.13. The van der Waals surface area contributed by atoms with Crippen LogP contribution in [0.1, 0.15) is 40.0 Å². The highest BCUT2D eigenvalue weighted by molar-refractivity contribution is 5.93. The van der Waals surface area contributed by atoms with Gasteiger partial charge in [0.05, 0.1) is 12.2 Å². The minimum absolute atomic E-state index is 0.0145. The lowest BCUT2D eigenvalue weighted by Crippen LogP contribution is -2.51. The van der Waals surface area contributed by atoms with Crippen LogP contribution in [0.25, 0.3) is 0 Å². The van der Waals surface area contributed by atoms with Gasteiger partial charge in [0.2, 0.25) is 5.91 Å². The topological polar surface area (TPSA) is 43.9 Å². The lowest BCUT2D eigenvalue weighted by molar-refractivity contribution is -0.127. The fraction of sp³-hybridized carbons (Fsp3) is 0.600. The van der Waals surface area contributed by atoms with E-state index >= 15 is 0 Å². The predicted octanol–water partition coefficient (Wildman–Crippen LogP) is 2.57. The first-order chi connectivity index (χ1) is 11.8. The van der Waals surface area contributed by atoms with Crippen LogP contribution in [0.4, 0.5) is 0 Å². The SMILES string of the molecule is C=C1CN(C(=O)/C=C/CN(C)C2CC2)CC(C)N1/C(=C\CC)C(C)=O.